The molecule has 0 aromatic heterocycles. The molecule has 114 valence electrons. The van der Waals surface area contributed by atoms with E-state index in [1.165, 1.54) is 18.2 Å². The predicted octanol–water partition coefficient (Wildman–Crippen LogP) is 0.940. The van der Waals surface area contributed by atoms with E-state index in [2.05, 4.69) is 5.32 Å². The molecule has 1 saturated heterocycles. The van der Waals surface area contributed by atoms with Gasteiger partial charge in [0, 0.05) is 18.8 Å². The molecule has 6 nitrogen and oxygen atoms in total. The van der Waals surface area contributed by atoms with Gasteiger partial charge in [0.15, 0.2) is 0 Å². The molecule has 0 spiro atoms. The summed E-state index contributed by atoms with van der Waals surface area (Å²) in [5.41, 5.74) is 0.398. The van der Waals surface area contributed by atoms with Gasteiger partial charge in [-0.3, -0.25) is 14.5 Å². The third kappa shape index (κ3) is 5.13. The van der Waals surface area contributed by atoms with Crippen molar-refractivity contribution >= 4 is 17.6 Å². The van der Waals surface area contributed by atoms with E-state index >= 15 is 0 Å². The molecule has 7 heteroatoms. The molecule has 0 aliphatic carbocycles. The maximum absolute atomic E-state index is 13.0. The SMILES string of the molecule is O=C(O)CC1CN(CC(=O)Nc2cccc(F)c2)CCO1. The molecule has 0 saturated carbocycles. The minimum atomic E-state index is -0.925. The molecule has 1 fully saturated rings. The Morgan fingerprint density at radius 1 is 1.48 bits per heavy atom. The van der Waals surface area contributed by atoms with E-state index in [1.54, 1.807) is 6.07 Å². The summed E-state index contributed by atoms with van der Waals surface area (Å²) in [6.45, 7) is 1.47. The maximum atomic E-state index is 13.0. The van der Waals surface area contributed by atoms with E-state index in [1.807, 2.05) is 4.90 Å². The summed E-state index contributed by atoms with van der Waals surface area (Å²) in [6, 6.07) is 5.66. The van der Waals surface area contributed by atoms with E-state index in [9.17, 15) is 14.0 Å². The summed E-state index contributed by atoms with van der Waals surface area (Å²) in [7, 11) is 0. The number of morpholine rings is 1. The zero-order valence-corrected chi connectivity index (χ0v) is 11.4. The molecular weight excluding hydrogens is 279 g/mol. The quantitative estimate of drug-likeness (QED) is 0.845. The van der Waals surface area contributed by atoms with Crippen LogP contribution in [0.2, 0.25) is 0 Å². The number of carbonyl (C=O) groups excluding carboxylic acids is 1. The molecule has 1 aromatic carbocycles. The van der Waals surface area contributed by atoms with Gasteiger partial charge in [0.1, 0.15) is 5.82 Å². The third-order valence-electron chi connectivity index (χ3n) is 3.10. The molecular formula is C14H17FN2O4. The Morgan fingerprint density at radius 3 is 3.00 bits per heavy atom. The lowest BCUT2D eigenvalue weighted by Gasteiger charge is -2.31. The van der Waals surface area contributed by atoms with Gasteiger partial charge < -0.3 is 15.2 Å². The van der Waals surface area contributed by atoms with Crippen molar-refractivity contribution < 1.29 is 23.8 Å². The highest BCUT2D eigenvalue weighted by Crippen LogP contribution is 2.11. The van der Waals surface area contributed by atoms with Crippen molar-refractivity contribution in [2.45, 2.75) is 12.5 Å². The fourth-order valence-corrected chi connectivity index (χ4v) is 2.21. The van der Waals surface area contributed by atoms with Crippen LogP contribution in [0.4, 0.5) is 10.1 Å². The number of carboxylic acid groups (broad SMARTS) is 1. The molecule has 21 heavy (non-hydrogen) atoms. The summed E-state index contributed by atoms with van der Waals surface area (Å²) >= 11 is 0. The molecule has 2 N–H and O–H groups in total. The number of ether oxygens (including phenoxy) is 1. The number of carbonyl (C=O) groups is 2. The standard InChI is InChI=1S/C14H17FN2O4/c15-10-2-1-3-11(6-10)16-13(18)9-17-4-5-21-12(8-17)7-14(19)20/h1-3,6,12H,4-5,7-9H2,(H,16,18)(H,19,20). The zero-order valence-electron chi connectivity index (χ0n) is 11.4. The van der Waals surface area contributed by atoms with Gasteiger partial charge >= 0.3 is 5.97 Å². The molecule has 2 rings (SSSR count). The van der Waals surface area contributed by atoms with E-state index < -0.39 is 17.9 Å². The zero-order chi connectivity index (χ0) is 15.2. The Kier molecular flexibility index (Phi) is 5.24. The molecule has 0 radical (unpaired) electrons. The topological polar surface area (TPSA) is 78.9 Å². The highest BCUT2D eigenvalue weighted by Gasteiger charge is 2.24. The molecule has 0 bridgehead atoms. The molecule has 1 aromatic rings. The lowest BCUT2D eigenvalue weighted by atomic mass is 10.2. The first-order valence-corrected chi connectivity index (χ1v) is 6.64. The van der Waals surface area contributed by atoms with Crippen molar-refractivity contribution in [1.82, 2.24) is 4.90 Å². The number of nitrogens with zero attached hydrogens (tertiary/aromatic N) is 1. The normalized spacial score (nSPS) is 19.2. The van der Waals surface area contributed by atoms with Crippen LogP contribution in [0.1, 0.15) is 6.42 Å². The van der Waals surface area contributed by atoms with Crippen LogP contribution in [0, 0.1) is 5.82 Å². The number of rotatable bonds is 5. The van der Waals surface area contributed by atoms with Crippen LogP contribution in [0.5, 0.6) is 0 Å². The van der Waals surface area contributed by atoms with Crippen molar-refractivity contribution in [3.05, 3.63) is 30.1 Å². The largest absolute Gasteiger partial charge is 0.481 e. The van der Waals surface area contributed by atoms with Crippen molar-refractivity contribution in [3.63, 3.8) is 0 Å². The molecule has 1 heterocycles. The molecule has 1 atom stereocenters. The maximum Gasteiger partial charge on any atom is 0.306 e. The van der Waals surface area contributed by atoms with E-state index in [4.69, 9.17) is 9.84 Å². The van der Waals surface area contributed by atoms with Crippen LogP contribution >= 0.6 is 0 Å². The summed E-state index contributed by atoms with van der Waals surface area (Å²) in [6.07, 6.45) is -0.486. The lowest BCUT2D eigenvalue weighted by Crippen LogP contribution is -2.46. The highest BCUT2D eigenvalue weighted by molar-refractivity contribution is 5.92. The summed E-state index contributed by atoms with van der Waals surface area (Å²) in [5, 5.41) is 11.3. The average Bonchev–Trinajstić information content (AvgIpc) is 2.37. The average molecular weight is 296 g/mol. The first kappa shape index (κ1) is 15.4. The van der Waals surface area contributed by atoms with Crippen molar-refractivity contribution in [1.29, 1.82) is 0 Å². The first-order valence-electron chi connectivity index (χ1n) is 6.64. The van der Waals surface area contributed by atoms with E-state index in [0.717, 1.165) is 0 Å². The number of carboxylic acids is 1. The van der Waals surface area contributed by atoms with Crippen LogP contribution in [-0.2, 0) is 14.3 Å². The van der Waals surface area contributed by atoms with E-state index in [0.29, 0.717) is 25.4 Å². The first-order chi connectivity index (χ1) is 10.0. The predicted molar refractivity (Wildman–Crippen MR) is 73.5 cm³/mol. The van der Waals surface area contributed by atoms with Crippen LogP contribution < -0.4 is 5.32 Å². The van der Waals surface area contributed by atoms with Crippen LogP contribution in [0.25, 0.3) is 0 Å². The summed E-state index contributed by atoms with van der Waals surface area (Å²) in [4.78, 5) is 24.4. The van der Waals surface area contributed by atoms with Crippen LogP contribution in [0.3, 0.4) is 0 Å². The number of hydrogen-bond donors (Lipinski definition) is 2. The minimum Gasteiger partial charge on any atom is -0.481 e. The van der Waals surface area contributed by atoms with Gasteiger partial charge in [-0.25, -0.2) is 4.39 Å². The van der Waals surface area contributed by atoms with Gasteiger partial charge in [0.05, 0.1) is 25.7 Å². The number of benzene rings is 1. The van der Waals surface area contributed by atoms with Gasteiger partial charge in [-0.15, -0.1) is 0 Å². The fourth-order valence-electron chi connectivity index (χ4n) is 2.21. The Balaban J connectivity index is 1.83. The molecule has 1 unspecified atom stereocenters. The Bertz CT molecular complexity index is 523. The van der Waals surface area contributed by atoms with Crippen molar-refractivity contribution in [2.75, 3.05) is 31.6 Å². The number of nitrogens with one attached hydrogen (secondary N) is 1. The second-order valence-corrected chi connectivity index (χ2v) is 4.88. The summed E-state index contributed by atoms with van der Waals surface area (Å²) in [5.74, 6) is -1.61. The Hall–Kier alpha value is -1.99. The monoisotopic (exact) mass is 296 g/mol. The number of halogens is 1. The summed E-state index contributed by atoms with van der Waals surface area (Å²) < 4.78 is 18.3. The van der Waals surface area contributed by atoms with Crippen molar-refractivity contribution in [3.8, 4) is 0 Å². The van der Waals surface area contributed by atoms with Gasteiger partial charge in [-0.2, -0.15) is 0 Å². The molecule has 1 aliphatic rings. The van der Waals surface area contributed by atoms with Crippen molar-refractivity contribution in [2.24, 2.45) is 0 Å². The van der Waals surface area contributed by atoms with Gasteiger partial charge in [-0.05, 0) is 18.2 Å². The molecule has 1 amide bonds. The second-order valence-electron chi connectivity index (χ2n) is 4.88. The molecule has 1 aliphatic heterocycles. The number of hydrogen-bond acceptors (Lipinski definition) is 4. The highest BCUT2D eigenvalue weighted by atomic mass is 19.1. The second kappa shape index (κ2) is 7.14. The lowest BCUT2D eigenvalue weighted by molar-refractivity contribution is -0.142. The minimum absolute atomic E-state index is 0.0813. The van der Waals surface area contributed by atoms with Gasteiger partial charge in [0.25, 0.3) is 0 Å². The van der Waals surface area contributed by atoms with Gasteiger partial charge in [-0.1, -0.05) is 6.07 Å². The van der Waals surface area contributed by atoms with Gasteiger partial charge in [0.2, 0.25) is 5.91 Å². The van der Waals surface area contributed by atoms with Crippen LogP contribution in [-0.4, -0.2) is 54.2 Å². The smallest absolute Gasteiger partial charge is 0.306 e. The number of anilines is 1. The van der Waals surface area contributed by atoms with E-state index in [-0.39, 0.29) is 18.9 Å². The van der Waals surface area contributed by atoms with Crippen LogP contribution in [0.15, 0.2) is 24.3 Å². The Labute approximate surface area is 121 Å². The number of aliphatic carboxylic acids is 1. The number of amides is 1. The third-order valence-corrected chi connectivity index (χ3v) is 3.10. The Morgan fingerprint density at radius 2 is 2.29 bits per heavy atom. The fraction of sp³-hybridized carbons (Fsp3) is 0.429.